The van der Waals surface area contributed by atoms with Crippen molar-refractivity contribution in [3.63, 3.8) is 0 Å². The van der Waals surface area contributed by atoms with E-state index in [0.29, 0.717) is 19.4 Å². The highest BCUT2D eigenvalue weighted by atomic mass is 35.5. The Bertz CT molecular complexity index is 922. The highest BCUT2D eigenvalue weighted by molar-refractivity contribution is 7.89. The Labute approximate surface area is 187 Å². The monoisotopic (exact) mass is 474 g/mol. The lowest BCUT2D eigenvalue weighted by molar-refractivity contribution is 0.0547. The average Bonchev–Trinajstić information content (AvgIpc) is 2.92. The smallest absolute Gasteiger partial charge is 0.243 e. The number of sulfonamides is 1. The Balaban J connectivity index is 1.49. The highest BCUT2D eigenvalue weighted by Gasteiger charge is 2.22. The van der Waals surface area contributed by atoms with Crippen molar-refractivity contribution in [2.24, 2.45) is 0 Å². The Kier molecular flexibility index (Phi) is 8.51. The third kappa shape index (κ3) is 6.64. The molecule has 1 fully saturated rings. The molecule has 0 aliphatic carbocycles. The first-order chi connectivity index (χ1) is 14.3. The summed E-state index contributed by atoms with van der Waals surface area (Å²) in [5.74, 6) is -0.248. The Morgan fingerprint density at radius 1 is 1.13 bits per heavy atom. The number of benzene rings is 2. The summed E-state index contributed by atoms with van der Waals surface area (Å²) >= 11 is 12.0. The predicted molar refractivity (Wildman–Crippen MR) is 117 cm³/mol. The molecule has 1 saturated heterocycles. The van der Waals surface area contributed by atoms with Crippen LogP contribution in [0.4, 0.5) is 4.39 Å². The van der Waals surface area contributed by atoms with Crippen molar-refractivity contribution in [3.8, 4) is 0 Å². The van der Waals surface area contributed by atoms with Crippen LogP contribution >= 0.6 is 23.2 Å². The fraction of sp³-hybridized carbons (Fsp3) is 0.429. The van der Waals surface area contributed by atoms with Crippen LogP contribution in [0.15, 0.2) is 47.4 Å². The van der Waals surface area contributed by atoms with E-state index in [1.165, 1.54) is 24.3 Å². The lowest BCUT2D eigenvalue weighted by Gasteiger charge is -2.24. The van der Waals surface area contributed by atoms with Crippen molar-refractivity contribution >= 4 is 33.2 Å². The number of rotatable bonds is 8. The fourth-order valence-corrected chi connectivity index (χ4v) is 5.71. The summed E-state index contributed by atoms with van der Waals surface area (Å²) in [5.41, 5.74) is 1.03. The topological polar surface area (TPSA) is 58.6 Å². The molecule has 0 bridgehead atoms. The molecule has 5 nitrogen and oxygen atoms in total. The summed E-state index contributed by atoms with van der Waals surface area (Å²) in [7, 11) is -3.77. The second-order valence-corrected chi connectivity index (χ2v) is 9.80. The summed E-state index contributed by atoms with van der Waals surface area (Å²) in [5, 5.41) is 0.201. The van der Waals surface area contributed by atoms with E-state index >= 15 is 0 Å². The number of nitrogens with zero attached hydrogens (tertiary/aromatic N) is 1. The number of ether oxygens (including phenoxy) is 1. The minimum atomic E-state index is -3.77. The molecule has 0 amide bonds. The quantitative estimate of drug-likeness (QED) is 0.584. The van der Waals surface area contributed by atoms with E-state index < -0.39 is 10.0 Å². The van der Waals surface area contributed by atoms with E-state index in [1.54, 1.807) is 18.2 Å². The largest absolute Gasteiger partial charge is 0.376 e. The van der Waals surface area contributed by atoms with Crippen LogP contribution in [0.1, 0.15) is 18.4 Å². The van der Waals surface area contributed by atoms with Crippen molar-refractivity contribution in [1.82, 2.24) is 9.62 Å². The molecule has 0 aromatic heterocycles. The standard InChI is InChI=1S/C21H25Cl2FN2O3S/c22-19-4-1-5-20(23)21(19)30(27,28)25-10-2-11-26-12-3-13-29-18(15-26)14-16-6-8-17(24)9-7-16/h1,4-9,18,25H,2-3,10-15H2. The zero-order valence-electron chi connectivity index (χ0n) is 16.5. The van der Waals surface area contributed by atoms with Crippen molar-refractivity contribution in [1.29, 1.82) is 0 Å². The lowest BCUT2D eigenvalue weighted by atomic mass is 10.1. The summed E-state index contributed by atoms with van der Waals surface area (Å²) < 4.78 is 46.7. The van der Waals surface area contributed by atoms with Crippen LogP contribution in [0.2, 0.25) is 10.0 Å². The maximum absolute atomic E-state index is 13.1. The molecule has 0 radical (unpaired) electrons. The Morgan fingerprint density at radius 2 is 1.83 bits per heavy atom. The summed E-state index contributed by atoms with van der Waals surface area (Å²) in [4.78, 5) is 2.19. The van der Waals surface area contributed by atoms with Gasteiger partial charge in [0.05, 0.1) is 16.1 Å². The van der Waals surface area contributed by atoms with Gasteiger partial charge in [0.2, 0.25) is 10.0 Å². The van der Waals surface area contributed by atoms with Gasteiger partial charge >= 0.3 is 0 Å². The lowest BCUT2D eigenvalue weighted by Crippen LogP contribution is -2.35. The molecule has 30 heavy (non-hydrogen) atoms. The first kappa shape index (κ1) is 23.4. The zero-order valence-corrected chi connectivity index (χ0v) is 18.8. The summed E-state index contributed by atoms with van der Waals surface area (Å²) in [6.07, 6.45) is 2.30. The van der Waals surface area contributed by atoms with Gasteiger partial charge in [-0.25, -0.2) is 17.5 Å². The summed E-state index contributed by atoms with van der Waals surface area (Å²) in [6, 6.07) is 11.1. The second kappa shape index (κ2) is 10.9. The zero-order chi connectivity index (χ0) is 21.6. The molecule has 1 atom stereocenters. The molecule has 2 aromatic carbocycles. The number of nitrogens with one attached hydrogen (secondary N) is 1. The first-order valence-electron chi connectivity index (χ1n) is 9.87. The second-order valence-electron chi connectivity index (χ2n) is 7.28. The third-order valence-corrected chi connectivity index (χ3v) is 7.36. The maximum atomic E-state index is 13.1. The van der Waals surface area contributed by atoms with Crippen LogP contribution < -0.4 is 4.72 Å². The van der Waals surface area contributed by atoms with Gasteiger partial charge in [-0.3, -0.25) is 0 Å². The Morgan fingerprint density at radius 3 is 2.53 bits per heavy atom. The molecule has 9 heteroatoms. The minimum Gasteiger partial charge on any atom is -0.376 e. The Hall–Kier alpha value is -1.22. The van der Waals surface area contributed by atoms with Crippen LogP contribution in [0, 0.1) is 5.82 Å². The van der Waals surface area contributed by atoms with E-state index in [4.69, 9.17) is 27.9 Å². The normalized spacial score (nSPS) is 18.3. The molecule has 1 aliphatic rings. The van der Waals surface area contributed by atoms with E-state index in [0.717, 1.165) is 31.6 Å². The molecular weight excluding hydrogens is 450 g/mol. The van der Waals surface area contributed by atoms with Gasteiger partial charge in [0.15, 0.2) is 0 Å². The molecular formula is C21H25Cl2FN2O3S. The number of hydrogen-bond acceptors (Lipinski definition) is 4. The van der Waals surface area contributed by atoms with E-state index in [-0.39, 0.29) is 33.4 Å². The van der Waals surface area contributed by atoms with Gasteiger partial charge in [-0.15, -0.1) is 0 Å². The van der Waals surface area contributed by atoms with Crippen molar-refractivity contribution in [2.75, 3.05) is 32.8 Å². The van der Waals surface area contributed by atoms with Crippen LogP contribution in [0.3, 0.4) is 0 Å². The molecule has 1 aliphatic heterocycles. The molecule has 1 N–H and O–H groups in total. The SMILES string of the molecule is O=S(=O)(NCCCN1CCCOC(Cc2ccc(F)cc2)C1)c1c(Cl)cccc1Cl. The summed E-state index contributed by atoms with van der Waals surface area (Å²) in [6.45, 7) is 3.34. The van der Waals surface area contributed by atoms with Crippen molar-refractivity contribution in [2.45, 2.75) is 30.3 Å². The third-order valence-electron chi connectivity index (χ3n) is 4.94. The molecule has 2 aromatic rings. The maximum Gasteiger partial charge on any atom is 0.243 e. The highest BCUT2D eigenvalue weighted by Crippen LogP contribution is 2.28. The molecule has 0 saturated carbocycles. The minimum absolute atomic E-state index is 0.0246. The molecule has 0 spiro atoms. The molecule has 3 rings (SSSR count). The predicted octanol–water partition coefficient (Wildman–Crippen LogP) is 4.13. The molecule has 1 unspecified atom stereocenters. The van der Waals surface area contributed by atoms with E-state index in [9.17, 15) is 12.8 Å². The van der Waals surface area contributed by atoms with E-state index in [1.807, 2.05) is 0 Å². The van der Waals surface area contributed by atoms with Gasteiger partial charge in [-0.05, 0) is 55.6 Å². The van der Waals surface area contributed by atoms with Crippen molar-refractivity contribution < 1.29 is 17.5 Å². The van der Waals surface area contributed by atoms with E-state index in [2.05, 4.69) is 9.62 Å². The van der Waals surface area contributed by atoms with Crippen LogP contribution in [0.5, 0.6) is 0 Å². The van der Waals surface area contributed by atoms with Crippen LogP contribution in [0.25, 0.3) is 0 Å². The molecule has 164 valence electrons. The number of halogens is 3. The number of hydrogen-bond donors (Lipinski definition) is 1. The van der Waals surface area contributed by atoms with Gasteiger partial charge in [0.1, 0.15) is 10.7 Å². The van der Waals surface area contributed by atoms with Gasteiger partial charge < -0.3 is 9.64 Å². The van der Waals surface area contributed by atoms with Crippen LogP contribution in [-0.2, 0) is 21.2 Å². The average molecular weight is 475 g/mol. The van der Waals surface area contributed by atoms with Crippen LogP contribution in [-0.4, -0.2) is 52.2 Å². The van der Waals surface area contributed by atoms with Gasteiger partial charge in [0, 0.05) is 26.2 Å². The van der Waals surface area contributed by atoms with Crippen molar-refractivity contribution in [3.05, 3.63) is 63.9 Å². The van der Waals surface area contributed by atoms with Gasteiger partial charge in [0.25, 0.3) is 0 Å². The van der Waals surface area contributed by atoms with Gasteiger partial charge in [-0.1, -0.05) is 41.4 Å². The first-order valence-corrected chi connectivity index (χ1v) is 12.1. The van der Waals surface area contributed by atoms with Gasteiger partial charge in [-0.2, -0.15) is 0 Å². The molecule has 1 heterocycles. The fourth-order valence-electron chi connectivity index (χ4n) is 3.50.